The average molecular weight is 260 g/mol. The highest BCUT2D eigenvalue weighted by molar-refractivity contribution is 5.52. The molecule has 0 unspecified atom stereocenters. The fraction of sp³-hybridized carbons (Fsp3) is 0.308. The zero-order chi connectivity index (χ0) is 13.8. The van der Waals surface area contributed by atoms with Gasteiger partial charge >= 0.3 is 5.69 Å². The second-order valence-corrected chi connectivity index (χ2v) is 3.92. The largest absolute Gasteiger partial charge is 0.492 e. The van der Waals surface area contributed by atoms with Crippen LogP contribution in [0.15, 0.2) is 29.3 Å². The summed E-state index contributed by atoms with van der Waals surface area (Å²) in [4.78, 5) is 19.5. The summed E-state index contributed by atoms with van der Waals surface area (Å²) in [6.45, 7) is 4.42. The minimum absolute atomic E-state index is 0.0341. The van der Waals surface area contributed by atoms with Crippen molar-refractivity contribution < 1.29 is 4.74 Å². The summed E-state index contributed by atoms with van der Waals surface area (Å²) in [6, 6.07) is 5.66. The number of aryl methyl sites for hydroxylation is 1. The van der Waals surface area contributed by atoms with Gasteiger partial charge in [-0.15, -0.1) is 0 Å². The fourth-order valence-corrected chi connectivity index (χ4v) is 1.90. The Hall–Kier alpha value is -2.37. The van der Waals surface area contributed by atoms with E-state index in [-0.39, 0.29) is 5.95 Å². The van der Waals surface area contributed by atoms with Gasteiger partial charge in [0, 0.05) is 0 Å². The molecule has 1 aromatic heterocycles. The summed E-state index contributed by atoms with van der Waals surface area (Å²) < 4.78 is 6.93. The standard InChI is InChI=1S/C13H16N4O2/c1-3-9-6-5-7-10(19-4-2)11(9)17-8-15-12(14)16-13(17)18/h5-8H,3-4H2,1-2H3,(H2,14,16,18). The van der Waals surface area contributed by atoms with E-state index in [9.17, 15) is 4.79 Å². The first-order chi connectivity index (χ1) is 9.17. The lowest BCUT2D eigenvalue weighted by molar-refractivity contribution is 0.338. The molecular weight excluding hydrogens is 244 g/mol. The van der Waals surface area contributed by atoms with Crippen LogP contribution in [-0.2, 0) is 6.42 Å². The number of nitrogen functional groups attached to an aromatic ring is 1. The van der Waals surface area contributed by atoms with E-state index in [1.54, 1.807) is 0 Å². The Balaban J connectivity index is 2.68. The summed E-state index contributed by atoms with van der Waals surface area (Å²) in [6.07, 6.45) is 2.15. The summed E-state index contributed by atoms with van der Waals surface area (Å²) >= 11 is 0. The smallest absolute Gasteiger partial charge is 0.356 e. The molecular formula is C13H16N4O2. The van der Waals surface area contributed by atoms with Gasteiger partial charge in [0.1, 0.15) is 12.1 Å². The van der Waals surface area contributed by atoms with Gasteiger partial charge in [0.05, 0.1) is 12.3 Å². The lowest BCUT2D eigenvalue weighted by Gasteiger charge is -2.15. The van der Waals surface area contributed by atoms with Gasteiger partial charge in [-0.1, -0.05) is 19.1 Å². The molecule has 0 aliphatic carbocycles. The Morgan fingerprint density at radius 3 is 2.79 bits per heavy atom. The SMILES string of the molecule is CCOc1cccc(CC)c1-n1cnc(N)nc1=O. The van der Waals surface area contributed by atoms with Crippen LogP contribution in [0.1, 0.15) is 19.4 Å². The third-order valence-corrected chi connectivity index (χ3v) is 2.73. The molecule has 0 saturated heterocycles. The van der Waals surface area contributed by atoms with Crippen LogP contribution in [0, 0.1) is 0 Å². The average Bonchev–Trinajstić information content (AvgIpc) is 2.39. The van der Waals surface area contributed by atoms with E-state index in [1.807, 2.05) is 32.0 Å². The van der Waals surface area contributed by atoms with Crippen molar-refractivity contribution >= 4 is 5.95 Å². The predicted molar refractivity (Wildman–Crippen MR) is 72.6 cm³/mol. The minimum atomic E-state index is -0.464. The summed E-state index contributed by atoms with van der Waals surface area (Å²) in [5, 5.41) is 0. The maximum Gasteiger partial charge on any atom is 0.356 e. The van der Waals surface area contributed by atoms with Gasteiger partial charge in [-0.2, -0.15) is 4.98 Å². The van der Waals surface area contributed by atoms with E-state index in [4.69, 9.17) is 10.5 Å². The molecule has 0 spiro atoms. The summed E-state index contributed by atoms with van der Waals surface area (Å²) in [5.74, 6) is 0.602. The van der Waals surface area contributed by atoms with Gasteiger partial charge in [-0.05, 0) is 25.0 Å². The summed E-state index contributed by atoms with van der Waals surface area (Å²) in [5.41, 5.74) is 6.61. The van der Waals surface area contributed by atoms with Gasteiger partial charge < -0.3 is 10.5 Å². The molecule has 6 heteroatoms. The van der Waals surface area contributed by atoms with Gasteiger partial charge in [-0.3, -0.25) is 0 Å². The molecule has 2 rings (SSSR count). The van der Waals surface area contributed by atoms with E-state index >= 15 is 0 Å². The van der Waals surface area contributed by atoms with Crippen molar-refractivity contribution in [3.05, 3.63) is 40.6 Å². The topological polar surface area (TPSA) is 83.0 Å². The molecule has 0 radical (unpaired) electrons. The van der Waals surface area contributed by atoms with E-state index in [0.717, 1.165) is 12.0 Å². The Labute approximate surface area is 110 Å². The summed E-state index contributed by atoms with van der Waals surface area (Å²) in [7, 11) is 0. The molecule has 100 valence electrons. The first-order valence-electron chi connectivity index (χ1n) is 6.13. The number of nitrogens with two attached hydrogens (primary N) is 1. The fourth-order valence-electron chi connectivity index (χ4n) is 1.90. The zero-order valence-corrected chi connectivity index (χ0v) is 11.0. The number of nitrogens with zero attached hydrogens (tertiary/aromatic N) is 3. The van der Waals surface area contributed by atoms with Crippen LogP contribution in [0.2, 0.25) is 0 Å². The van der Waals surface area contributed by atoms with Gasteiger partial charge in [0.25, 0.3) is 0 Å². The first-order valence-corrected chi connectivity index (χ1v) is 6.13. The predicted octanol–water partition coefficient (Wildman–Crippen LogP) is 1.17. The number of hydrogen-bond acceptors (Lipinski definition) is 5. The Morgan fingerprint density at radius 2 is 2.16 bits per heavy atom. The highest BCUT2D eigenvalue weighted by Gasteiger charge is 2.13. The lowest BCUT2D eigenvalue weighted by atomic mass is 10.1. The Kier molecular flexibility index (Phi) is 3.79. The lowest BCUT2D eigenvalue weighted by Crippen LogP contribution is -2.24. The normalized spacial score (nSPS) is 10.4. The van der Waals surface area contributed by atoms with Crippen LogP contribution in [0.5, 0.6) is 5.75 Å². The third kappa shape index (κ3) is 2.57. The van der Waals surface area contributed by atoms with Gasteiger partial charge in [0.2, 0.25) is 5.95 Å². The maximum atomic E-state index is 11.9. The second kappa shape index (κ2) is 5.51. The molecule has 0 aliphatic rings. The number of anilines is 1. The van der Waals surface area contributed by atoms with Gasteiger partial charge in [0.15, 0.2) is 0 Å². The molecule has 0 amide bonds. The number of ether oxygens (including phenoxy) is 1. The van der Waals surface area contributed by atoms with E-state index in [1.165, 1.54) is 10.9 Å². The van der Waals surface area contributed by atoms with Crippen molar-refractivity contribution in [3.63, 3.8) is 0 Å². The quantitative estimate of drug-likeness (QED) is 0.892. The number of rotatable bonds is 4. The first kappa shape index (κ1) is 13.1. The molecule has 0 bridgehead atoms. The van der Waals surface area contributed by atoms with Crippen LogP contribution in [0.4, 0.5) is 5.95 Å². The number of aromatic nitrogens is 3. The van der Waals surface area contributed by atoms with E-state index in [0.29, 0.717) is 18.0 Å². The second-order valence-electron chi connectivity index (χ2n) is 3.92. The Bertz CT molecular complexity index is 637. The molecule has 0 saturated carbocycles. The number of hydrogen-bond donors (Lipinski definition) is 1. The van der Waals surface area contributed by atoms with Crippen LogP contribution in [0.25, 0.3) is 5.69 Å². The molecule has 1 heterocycles. The van der Waals surface area contributed by atoms with E-state index in [2.05, 4.69) is 9.97 Å². The maximum absolute atomic E-state index is 11.9. The van der Waals surface area contributed by atoms with Crippen molar-refractivity contribution in [3.8, 4) is 11.4 Å². The molecule has 6 nitrogen and oxygen atoms in total. The van der Waals surface area contributed by atoms with Crippen LogP contribution in [0.3, 0.4) is 0 Å². The molecule has 2 aromatic rings. The number of benzene rings is 1. The van der Waals surface area contributed by atoms with Crippen molar-refractivity contribution in [2.24, 2.45) is 0 Å². The minimum Gasteiger partial charge on any atom is -0.492 e. The van der Waals surface area contributed by atoms with Crippen molar-refractivity contribution in [1.82, 2.24) is 14.5 Å². The van der Waals surface area contributed by atoms with Crippen molar-refractivity contribution in [2.75, 3.05) is 12.3 Å². The van der Waals surface area contributed by atoms with Crippen molar-refractivity contribution in [2.45, 2.75) is 20.3 Å². The van der Waals surface area contributed by atoms with E-state index < -0.39 is 5.69 Å². The molecule has 0 atom stereocenters. The monoisotopic (exact) mass is 260 g/mol. The van der Waals surface area contributed by atoms with Crippen LogP contribution >= 0.6 is 0 Å². The molecule has 2 N–H and O–H groups in total. The highest BCUT2D eigenvalue weighted by atomic mass is 16.5. The highest BCUT2D eigenvalue weighted by Crippen LogP contribution is 2.26. The number of para-hydroxylation sites is 1. The molecule has 0 fully saturated rings. The van der Waals surface area contributed by atoms with Crippen molar-refractivity contribution in [1.29, 1.82) is 0 Å². The molecule has 0 aliphatic heterocycles. The van der Waals surface area contributed by atoms with Crippen LogP contribution < -0.4 is 16.2 Å². The zero-order valence-electron chi connectivity index (χ0n) is 11.0. The third-order valence-electron chi connectivity index (χ3n) is 2.73. The van der Waals surface area contributed by atoms with Crippen LogP contribution in [-0.4, -0.2) is 21.1 Å². The molecule has 19 heavy (non-hydrogen) atoms. The Morgan fingerprint density at radius 1 is 1.37 bits per heavy atom. The molecule has 1 aromatic carbocycles. The van der Waals surface area contributed by atoms with Gasteiger partial charge in [-0.25, -0.2) is 14.3 Å².